The molecule has 126 valence electrons. The van der Waals surface area contributed by atoms with E-state index in [0.717, 1.165) is 23.5 Å². The standard InChI is InChI=1S/C18H19FN2O2S/c19-14-5-3-13(4-6-14)7-10-20-17(22)16-2-1-9-21-18(16)23-15-8-11-24-12-15/h1-6,9,15H,7-8,10-12H2,(H,20,22). The summed E-state index contributed by atoms with van der Waals surface area (Å²) in [6, 6.07) is 9.73. The molecule has 1 fully saturated rings. The normalized spacial score (nSPS) is 16.8. The first-order valence-corrected chi connectivity index (χ1v) is 9.10. The minimum absolute atomic E-state index is 0.121. The first-order chi connectivity index (χ1) is 11.7. The Morgan fingerprint density at radius 2 is 2.17 bits per heavy atom. The molecule has 1 aromatic heterocycles. The molecule has 3 rings (SSSR count). The number of pyridine rings is 1. The summed E-state index contributed by atoms with van der Waals surface area (Å²) < 4.78 is 18.7. The molecule has 0 spiro atoms. The Kier molecular flexibility index (Phi) is 5.69. The van der Waals surface area contributed by atoms with Gasteiger partial charge in [0, 0.05) is 18.5 Å². The van der Waals surface area contributed by atoms with Crippen molar-refractivity contribution in [3.05, 3.63) is 59.5 Å². The highest BCUT2D eigenvalue weighted by Gasteiger charge is 2.21. The topological polar surface area (TPSA) is 51.2 Å². The van der Waals surface area contributed by atoms with E-state index in [0.29, 0.717) is 24.4 Å². The van der Waals surface area contributed by atoms with Gasteiger partial charge in [0.15, 0.2) is 0 Å². The Labute approximate surface area is 144 Å². The molecular formula is C18H19FN2O2S. The monoisotopic (exact) mass is 346 g/mol. The van der Waals surface area contributed by atoms with Gasteiger partial charge in [-0.1, -0.05) is 12.1 Å². The summed E-state index contributed by atoms with van der Waals surface area (Å²) in [5.74, 6) is 1.94. The fourth-order valence-electron chi connectivity index (χ4n) is 2.49. The molecule has 1 N–H and O–H groups in total. The van der Waals surface area contributed by atoms with Crippen LogP contribution in [0.2, 0.25) is 0 Å². The molecule has 2 heterocycles. The van der Waals surface area contributed by atoms with Gasteiger partial charge in [-0.15, -0.1) is 0 Å². The molecule has 1 aromatic carbocycles. The number of hydrogen-bond donors (Lipinski definition) is 1. The van der Waals surface area contributed by atoms with Gasteiger partial charge in [0.25, 0.3) is 5.91 Å². The van der Waals surface area contributed by atoms with E-state index in [-0.39, 0.29) is 17.8 Å². The van der Waals surface area contributed by atoms with Crippen molar-refractivity contribution >= 4 is 17.7 Å². The second-order valence-electron chi connectivity index (χ2n) is 5.59. The van der Waals surface area contributed by atoms with Crippen molar-refractivity contribution in [2.24, 2.45) is 0 Å². The van der Waals surface area contributed by atoms with Gasteiger partial charge >= 0.3 is 0 Å². The molecule has 1 saturated heterocycles. The van der Waals surface area contributed by atoms with E-state index in [1.54, 1.807) is 30.5 Å². The summed E-state index contributed by atoms with van der Waals surface area (Å²) in [7, 11) is 0. The van der Waals surface area contributed by atoms with E-state index in [1.165, 1.54) is 12.1 Å². The maximum atomic E-state index is 12.9. The summed E-state index contributed by atoms with van der Waals surface area (Å²) in [4.78, 5) is 16.6. The van der Waals surface area contributed by atoms with Crippen LogP contribution in [0.4, 0.5) is 4.39 Å². The summed E-state index contributed by atoms with van der Waals surface area (Å²) in [6.07, 6.45) is 3.37. The highest BCUT2D eigenvalue weighted by Crippen LogP contribution is 2.24. The number of amides is 1. The number of hydrogen-bond acceptors (Lipinski definition) is 4. The number of ether oxygens (including phenoxy) is 1. The number of carbonyl (C=O) groups is 1. The zero-order valence-electron chi connectivity index (χ0n) is 13.2. The van der Waals surface area contributed by atoms with Gasteiger partial charge in [0.1, 0.15) is 17.5 Å². The number of aromatic nitrogens is 1. The lowest BCUT2D eigenvalue weighted by atomic mass is 10.1. The molecule has 0 bridgehead atoms. The predicted molar refractivity (Wildman–Crippen MR) is 93.0 cm³/mol. The summed E-state index contributed by atoms with van der Waals surface area (Å²) in [5, 5.41) is 2.87. The Bertz CT molecular complexity index is 688. The van der Waals surface area contributed by atoms with Crippen LogP contribution in [0.25, 0.3) is 0 Å². The van der Waals surface area contributed by atoms with Crippen molar-refractivity contribution in [2.45, 2.75) is 18.9 Å². The Morgan fingerprint density at radius 1 is 1.33 bits per heavy atom. The van der Waals surface area contributed by atoms with E-state index in [9.17, 15) is 9.18 Å². The van der Waals surface area contributed by atoms with Crippen molar-refractivity contribution in [3.63, 3.8) is 0 Å². The third-order valence-corrected chi connectivity index (χ3v) is 4.93. The number of nitrogens with one attached hydrogen (secondary N) is 1. The van der Waals surface area contributed by atoms with Gasteiger partial charge < -0.3 is 10.1 Å². The van der Waals surface area contributed by atoms with Crippen LogP contribution in [0.1, 0.15) is 22.3 Å². The van der Waals surface area contributed by atoms with Crippen LogP contribution in [0.3, 0.4) is 0 Å². The van der Waals surface area contributed by atoms with E-state index < -0.39 is 0 Å². The van der Waals surface area contributed by atoms with Gasteiger partial charge in [0.05, 0.1) is 0 Å². The third kappa shape index (κ3) is 4.47. The molecule has 0 aliphatic carbocycles. The minimum atomic E-state index is -0.259. The van der Waals surface area contributed by atoms with E-state index >= 15 is 0 Å². The van der Waals surface area contributed by atoms with Crippen molar-refractivity contribution in [1.29, 1.82) is 0 Å². The number of benzene rings is 1. The van der Waals surface area contributed by atoms with E-state index in [4.69, 9.17) is 4.74 Å². The second-order valence-corrected chi connectivity index (χ2v) is 6.74. The molecule has 24 heavy (non-hydrogen) atoms. The zero-order valence-corrected chi connectivity index (χ0v) is 14.0. The van der Waals surface area contributed by atoms with E-state index in [2.05, 4.69) is 10.3 Å². The quantitative estimate of drug-likeness (QED) is 0.873. The summed E-state index contributed by atoms with van der Waals surface area (Å²) in [6.45, 7) is 0.470. The second kappa shape index (κ2) is 8.15. The maximum Gasteiger partial charge on any atom is 0.256 e. The lowest BCUT2D eigenvalue weighted by molar-refractivity contribution is 0.0946. The van der Waals surface area contributed by atoms with E-state index in [1.807, 2.05) is 11.8 Å². The molecule has 2 aromatic rings. The number of thioether (sulfide) groups is 1. The van der Waals surface area contributed by atoms with Crippen LogP contribution >= 0.6 is 11.8 Å². The predicted octanol–water partition coefficient (Wildman–Crippen LogP) is 3.08. The van der Waals surface area contributed by atoms with Crippen molar-refractivity contribution < 1.29 is 13.9 Å². The molecule has 1 atom stereocenters. The van der Waals surface area contributed by atoms with Crippen LogP contribution in [-0.2, 0) is 6.42 Å². The van der Waals surface area contributed by atoms with Crippen LogP contribution in [0.15, 0.2) is 42.6 Å². The molecular weight excluding hydrogens is 327 g/mol. The number of carbonyl (C=O) groups excluding carboxylic acids is 1. The molecule has 0 radical (unpaired) electrons. The lowest BCUT2D eigenvalue weighted by Gasteiger charge is -2.14. The largest absolute Gasteiger partial charge is 0.473 e. The average molecular weight is 346 g/mol. The van der Waals surface area contributed by atoms with Gasteiger partial charge in [-0.2, -0.15) is 11.8 Å². The van der Waals surface area contributed by atoms with Crippen LogP contribution < -0.4 is 10.1 Å². The molecule has 1 unspecified atom stereocenters. The molecule has 4 nitrogen and oxygen atoms in total. The smallest absolute Gasteiger partial charge is 0.256 e. The Hall–Kier alpha value is -2.08. The number of halogens is 1. The lowest BCUT2D eigenvalue weighted by Crippen LogP contribution is -2.27. The highest BCUT2D eigenvalue weighted by molar-refractivity contribution is 7.99. The third-order valence-electron chi connectivity index (χ3n) is 3.79. The van der Waals surface area contributed by atoms with Gasteiger partial charge in [-0.05, 0) is 48.4 Å². The van der Waals surface area contributed by atoms with Gasteiger partial charge in [-0.25, -0.2) is 9.37 Å². The maximum absolute atomic E-state index is 12.9. The highest BCUT2D eigenvalue weighted by atomic mass is 32.2. The number of nitrogens with zero attached hydrogens (tertiary/aromatic N) is 1. The van der Waals surface area contributed by atoms with Gasteiger partial charge in [-0.3, -0.25) is 4.79 Å². The van der Waals surface area contributed by atoms with Crippen LogP contribution in [-0.4, -0.2) is 35.0 Å². The van der Waals surface area contributed by atoms with Crippen LogP contribution in [0, 0.1) is 5.82 Å². The fourth-order valence-corrected chi connectivity index (χ4v) is 3.58. The molecule has 0 saturated carbocycles. The average Bonchev–Trinajstić information content (AvgIpc) is 3.10. The van der Waals surface area contributed by atoms with Crippen molar-refractivity contribution in [1.82, 2.24) is 10.3 Å². The van der Waals surface area contributed by atoms with Crippen molar-refractivity contribution in [3.8, 4) is 5.88 Å². The Balaban J connectivity index is 1.57. The molecule has 6 heteroatoms. The zero-order chi connectivity index (χ0) is 16.8. The minimum Gasteiger partial charge on any atom is -0.473 e. The summed E-state index contributed by atoms with van der Waals surface area (Å²) >= 11 is 1.85. The summed E-state index contributed by atoms with van der Waals surface area (Å²) in [5.41, 5.74) is 1.43. The first kappa shape index (κ1) is 16.8. The Morgan fingerprint density at radius 3 is 2.92 bits per heavy atom. The molecule has 1 amide bonds. The van der Waals surface area contributed by atoms with Crippen LogP contribution in [0.5, 0.6) is 5.88 Å². The molecule has 1 aliphatic rings. The van der Waals surface area contributed by atoms with Crippen molar-refractivity contribution in [2.75, 3.05) is 18.1 Å². The fraction of sp³-hybridized carbons (Fsp3) is 0.333. The van der Waals surface area contributed by atoms with Gasteiger partial charge in [0.2, 0.25) is 5.88 Å². The first-order valence-electron chi connectivity index (χ1n) is 7.94. The number of rotatable bonds is 6. The molecule has 1 aliphatic heterocycles. The SMILES string of the molecule is O=C(NCCc1ccc(F)cc1)c1cccnc1OC1CCSC1.